The zero-order valence-electron chi connectivity index (χ0n) is 18.8. The third kappa shape index (κ3) is 4.23. The molecule has 1 fully saturated rings. The Morgan fingerprint density at radius 1 is 0.914 bits per heavy atom. The largest absolute Gasteiger partial charge is 0.387 e. The second-order valence-corrected chi connectivity index (χ2v) is 8.79. The van der Waals surface area contributed by atoms with E-state index in [1.807, 2.05) is 42.5 Å². The van der Waals surface area contributed by atoms with Gasteiger partial charge in [0.05, 0.1) is 24.3 Å². The summed E-state index contributed by atoms with van der Waals surface area (Å²) in [5.74, 6) is -1.40. The Hall–Kier alpha value is -3.85. The molecule has 35 heavy (non-hydrogen) atoms. The van der Waals surface area contributed by atoms with Gasteiger partial charge < -0.3 is 20.3 Å². The van der Waals surface area contributed by atoms with Gasteiger partial charge in [0.1, 0.15) is 17.8 Å². The summed E-state index contributed by atoms with van der Waals surface area (Å²) < 4.78 is 5.54. The van der Waals surface area contributed by atoms with Crippen LogP contribution in [0.4, 0.5) is 0 Å². The van der Waals surface area contributed by atoms with E-state index in [-0.39, 0.29) is 30.2 Å². The van der Waals surface area contributed by atoms with E-state index in [2.05, 4.69) is 5.32 Å². The smallest absolute Gasteiger partial charge is 0.261 e. The summed E-state index contributed by atoms with van der Waals surface area (Å²) >= 11 is 0. The summed E-state index contributed by atoms with van der Waals surface area (Å²) in [6, 6.07) is 23.3. The molecule has 3 aromatic rings. The number of hydrogen-bond acceptors (Lipinski definition) is 6. The first-order valence-corrected chi connectivity index (χ1v) is 11.3. The summed E-state index contributed by atoms with van der Waals surface area (Å²) in [7, 11) is 0. The van der Waals surface area contributed by atoms with E-state index in [0.29, 0.717) is 5.56 Å². The summed E-state index contributed by atoms with van der Waals surface area (Å²) in [4.78, 5) is 38.8. The Morgan fingerprint density at radius 3 is 2.11 bits per heavy atom. The van der Waals surface area contributed by atoms with Crippen LogP contribution in [0.5, 0.6) is 0 Å². The van der Waals surface area contributed by atoms with Gasteiger partial charge in [0.15, 0.2) is 0 Å². The monoisotopic (exact) mass is 472 g/mol. The molecular weight excluding hydrogens is 448 g/mol. The fourth-order valence-corrected chi connectivity index (χ4v) is 4.48. The minimum atomic E-state index is -1.85. The van der Waals surface area contributed by atoms with Crippen LogP contribution in [0.25, 0.3) is 11.1 Å². The number of carbonyl (C=O) groups excluding carboxylic acids is 3. The van der Waals surface area contributed by atoms with Crippen molar-refractivity contribution in [3.05, 3.63) is 95.6 Å². The van der Waals surface area contributed by atoms with Crippen LogP contribution in [0.3, 0.4) is 0 Å². The molecule has 2 aliphatic rings. The third-order valence-corrected chi connectivity index (χ3v) is 6.48. The van der Waals surface area contributed by atoms with Gasteiger partial charge in [-0.25, -0.2) is 0 Å². The number of rotatable bonds is 6. The number of imide groups is 1. The van der Waals surface area contributed by atoms with Gasteiger partial charge >= 0.3 is 0 Å². The maximum atomic E-state index is 12.6. The second kappa shape index (κ2) is 9.07. The normalized spacial score (nSPS) is 23.4. The number of fused-ring (bicyclic) bond motifs is 1. The van der Waals surface area contributed by atoms with E-state index in [9.17, 15) is 24.6 Å². The Morgan fingerprint density at radius 2 is 1.49 bits per heavy atom. The van der Waals surface area contributed by atoms with Crippen molar-refractivity contribution in [2.24, 2.45) is 0 Å². The van der Waals surface area contributed by atoms with E-state index in [1.54, 1.807) is 36.4 Å². The van der Waals surface area contributed by atoms with Gasteiger partial charge in [-0.05, 0) is 35.4 Å². The number of ether oxygens (including phenoxy) is 1. The van der Waals surface area contributed by atoms with Crippen molar-refractivity contribution in [3.8, 4) is 11.1 Å². The molecular formula is C27H24N2O6. The molecule has 0 bridgehead atoms. The van der Waals surface area contributed by atoms with Crippen molar-refractivity contribution in [3.63, 3.8) is 0 Å². The number of nitrogens with zero attached hydrogens (tertiary/aromatic N) is 1. The molecule has 0 spiro atoms. The maximum absolute atomic E-state index is 12.6. The van der Waals surface area contributed by atoms with Crippen LogP contribution in [0, 0.1) is 0 Å². The summed E-state index contributed by atoms with van der Waals surface area (Å²) in [6.45, 7) is -0.745. The number of aliphatic hydroxyl groups is 2. The Balaban J connectivity index is 1.19. The van der Waals surface area contributed by atoms with Crippen LogP contribution in [-0.2, 0) is 4.74 Å². The topological polar surface area (TPSA) is 116 Å². The third-order valence-electron chi connectivity index (χ3n) is 6.48. The summed E-state index contributed by atoms with van der Waals surface area (Å²) in [6.07, 6.45) is -2.31. The molecule has 178 valence electrons. The zero-order valence-corrected chi connectivity index (χ0v) is 18.8. The van der Waals surface area contributed by atoms with Gasteiger partial charge in [0.2, 0.25) is 0 Å². The average Bonchev–Trinajstić information content (AvgIpc) is 3.31. The van der Waals surface area contributed by atoms with Crippen LogP contribution >= 0.6 is 0 Å². The van der Waals surface area contributed by atoms with Crippen molar-refractivity contribution in [2.45, 2.75) is 17.8 Å². The lowest BCUT2D eigenvalue weighted by atomic mass is 9.95. The first-order chi connectivity index (χ1) is 16.9. The second-order valence-electron chi connectivity index (χ2n) is 8.79. The van der Waals surface area contributed by atoms with Crippen LogP contribution in [0.15, 0.2) is 78.9 Å². The maximum Gasteiger partial charge on any atom is 0.261 e. The predicted molar refractivity (Wildman–Crippen MR) is 127 cm³/mol. The zero-order chi connectivity index (χ0) is 24.6. The molecule has 3 N–H and O–H groups in total. The molecule has 3 amide bonds. The van der Waals surface area contributed by atoms with Crippen molar-refractivity contribution in [1.29, 1.82) is 0 Å². The van der Waals surface area contributed by atoms with Crippen LogP contribution in [-0.4, -0.2) is 70.3 Å². The highest BCUT2D eigenvalue weighted by molar-refractivity contribution is 6.21. The van der Waals surface area contributed by atoms with Gasteiger partial charge in [0, 0.05) is 12.1 Å². The van der Waals surface area contributed by atoms with Crippen LogP contribution < -0.4 is 5.32 Å². The Kier molecular flexibility index (Phi) is 5.94. The van der Waals surface area contributed by atoms with Gasteiger partial charge in [-0.2, -0.15) is 0 Å². The molecule has 0 radical (unpaired) electrons. The molecule has 5 rings (SSSR count). The highest BCUT2D eigenvalue weighted by atomic mass is 16.5. The number of amides is 3. The molecule has 2 heterocycles. The molecule has 2 aliphatic heterocycles. The molecule has 8 heteroatoms. The van der Waals surface area contributed by atoms with E-state index >= 15 is 0 Å². The number of nitrogens with one attached hydrogen (secondary N) is 1. The van der Waals surface area contributed by atoms with Gasteiger partial charge in [0.25, 0.3) is 17.7 Å². The van der Waals surface area contributed by atoms with Crippen molar-refractivity contribution >= 4 is 17.7 Å². The van der Waals surface area contributed by atoms with Crippen molar-refractivity contribution in [2.75, 3.05) is 19.7 Å². The molecule has 0 unspecified atom stereocenters. The molecule has 3 atom stereocenters. The van der Waals surface area contributed by atoms with Gasteiger partial charge in [-0.3, -0.25) is 19.3 Å². The molecule has 8 nitrogen and oxygen atoms in total. The standard InChI is InChI=1S/C27H24N2O6/c30-23-22(14-28-24(31)19-12-10-18(11-13-19)17-6-2-1-3-7-17)35-16-27(23,34)15-29-25(32)20-8-4-5-9-21(20)26(29)33/h1-13,22-23,30,34H,14-16H2,(H,28,31)/t22-,23-,27+/m1/s1. The van der Waals surface area contributed by atoms with Crippen LogP contribution in [0.2, 0.25) is 0 Å². The van der Waals surface area contributed by atoms with Gasteiger partial charge in [-0.15, -0.1) is 0 Å². The lowest BCUT2D eigenvalue weighted by Gasteiger charge is -2.30. The quantitative estimate of drug-likeness (QED) is 0.472. The van der Waals surface area contributed by atoms with Crippen molar-refractivity contribution in [1.82, 2.24) is 10.2 Å². The Labute approximate surface area is 201 Å². The number of aliphatic hydroxyl groups excluding tert-OH is 1. The number of carbonyl (C=O) groups is 3. The first-order valence-electron chi connectivity index (χ1n) is 11.3. The Bertz CT molecular complexity index is 1240. The predicted octanol–water partition coefficient (Wildman–Crippen LogP) is 1.87. The highest BCUT2D eigenvalue weighted by Crippen LogP contribution is 2.30. The average molecular weight is 472 g/mol. The lowest BCUT2D eigenvalue weighted by Crippen LogP contribution is -2.54. The van der Waals surface area contributed by atoms with Crippen LogP contribution in [0.1, 0.15) is 31.1 Å². The number of benzene rings is 3. The molecule has 1 saturated heterocycles. The van der Waals surface area contributed by atoms with E-state index in [4.69, 9.17) is 4.74 Å². The van der Waals surface area contributed by atoms with E-state index in [1.165, 1.54) is 0 Å². The van der Waals surface area contributed by atoms with Gasteiger partial charge in [-0.1, -0.05) is 54.6 Å². The summed E-state index contributed by atoms with van der Waals surface area (Å²) in [5.41, 5.74) is 1.14. The SMILES string of the molecule is O=C(NC[C@H]1OC[C@@](O)(CN2C(=O)c3ccccc3C2=O)[C@@H]1O)c1ccc(-c2ccccc2)cc1. The molecule has 0 aromatic heterocycles. The molecule has 0 aliphatic carbocycles. The summed E-state index contributed by atoms with van der Waals surface area (Å²) in [5, 5.41) is 24.4. The number of hydrogen-bond donors (Lipinski definition) is 3. The van der Waals surface area contributed by atoms with E-state index in [0.717, 1.165) is 16.0 Å². The minimum Gasteiger partial charge on any atom is -0.387 e. The van der Waals surface area contributed by atoms with Crippen molar-refractivity contribution < 1.29 is 29.3 Å². The lowest BCUT2D eigenvalue weighted by molar-refractivity contribution is -0.0601. The van der Waals surface area contributed by atoms with E-state index < -0.39 is 36.2 Å². The minimum absolute atomic E-state index is 0.0507. The first kappa shape index (κ1) is 22.9. The fraction of sp³-hybridized carbons (Fsp3) is 0.222. The number of β-amino-alcohol motifs (C(OH)–C–C–N with tert-alkyl or cyclic N) is 1. The highest BCUT2D eigenvalue weighted by Gasteiger charge is 2.51. The molecule has 3 aromatic carbocycles. The fourth-order valence-electron chi connectivity index (χ4n) is 4.48. The molecule has 0 saturated carbocycles.